The summed E-state index contributed by atoms with van der Waals surface area (Å²) in [5.74, 6) is 2.12. The van der Waals surface area contributed by atoms with Crippen LogP contribution in [0.15, 0.2) is 48.5 Å². The number of benzene rings is 2. The molecular formula is C17H18N2OS. The van der Waals surface area contributed by atoms with Crippen molar-refractivity contribution in [3.05, 3.63) is 59.7 Å². The molecule has 3 rings (SSSR count). The van der Waals surface area contributed by atoms with Crippen LogP contribution in [-0.2, 0) is 10.5 Å². The van der Waals surface area contributed by atoms with Gasteiger partial charge in [-0.2, -0.15) is 11.8 Å². The highest BCUT2D eigenvalue weighted by atomic mass is 32.2. The number of nitrogens with one attached hydrogen (secondary N) is 2. The number of thioether (sulfide) groups is 1. The van der Waals surface area contributed by atoms with Crippen molar-refractivity contribution in [1.82, 2.24) is 0 Å². The molecule has 0 aliphatic carbocycles. The highest BCUT2D eigenvalue weighted by molar-refractivity contribution is 7.98. The normalized spacial score (nSPS) is 16.9. The van der Waals surface area contributed by atoms with Gasteiger partial charge in [-0.05, 0) is 35.4 Å². The Bertz CT molecular complexity index is 639. The van der Waals surface area contributed by atoms with Gasteiger partial charge in [0.2, 0.25) is 5.91 Å². The van der Waals surface area contributed by atoms with E-state index >= 15 is 0 Å². The molecule has 3 nitrogen and oxygen atoms in total. The third-order valence-corrected chi connectivity index (χ3v) is 4.60. The summed E-state index contributed by atoms with van der Waals surface area (Å²) < 4.78 is 0. The molecule has 4 heteroatoms. The van der Waals surface area contributed by atoms with Gasteiger partial charge < -0.3 is 10.6 Å². The van der Waals surface area contributed by atoms with E-state index in [1.807, 2.05) is 36.0 Å². The van der Waals surface area contributed by atoms with Crippen LogP contribution in [0, 0.1) is 0 Å². The maximum absolute atomic E-state index is 11.0. The van der Waals surface area contributed by atoms with E-state index in [1.54, 1.807) is 0 Å². The Hall–Kier alpha value is -1.94. The molecule has 2 N–H and O–H groups in total. The quantitative estimate of drug-likeness (QED) is 0.898. The van der Waals surface area contributed by atoms with Gasteiger partial charge in [-0.1, -0.05) is 24.3 Å². The Balaban J connectivity index is 1.74. The molecule has 0 radical (unpaired) electrons. The van der Waals surface area contributed by atoms with Crippen molar-refractivity contribution >= 4 is 29.0 Å². The molecule has 108 valence electrons. The molecule has 1 aliphatic rings. The fourth-order valence-corrected chi connectivity index (χ4v) is 3.66. The van der Waals surface area contributed by atoms with Crippen LogP contribution in [0.3, 0.4) is 0 Å². The summed E-state index contributed by atoms with van der Waals surface area (Å²) in [7, 11) is 0. The van der Waals surface area contributed by atoms with Crippen molar-refractivity contribution in [3.8, 4) is 0 Å². The lowest BCUT2D eigenvalue weighted by Gasteiger charge is -2.27. The first-order chi connectivity index (χ1) is 10.2. The third kappa shape index (κ3) is 3.39. The molecule has 1 unspecified atom stereocenters. The van der Waals surface area contributed by atoms with Gasteiger partial charge in [-0.15, -0.1) is 0 Å². The molecular weight excluding hydrogens is 280 g/mol. The first kappa shape index (κ1) is 14.0. The minimum absolute atomic E-state index is 0.0479. The van der Waals surface area contributed by atoms with Gasteiger partial charge in [0.25, 0.3) is 0 Å². The van der Waals surface area contributed by atoms with E-state index in [9.17, 15) is 4.79 Å². The lowest BCUT2D eigenvalue weighted by molar-refractivity contribution is -0.114. The fourth-order valence-electron chi connectivity index (χ4n) is 2.56. The smallest absolute Gasteiger partial charge is 0.221 e. The standard InChI is InChI=1S/C17H18N2OS/c1-12(20)18-14-6-8-15(9-7-14)19-17-11-21-10-13-4-2-3-5-16(13)17/h2-9,17,19H,10-11H2,1H3,(H,18,20). The third-order valence-electron chi connectivity index (χ3n) is 3.52. The summed E-state index contributed by atoms with van der Waals surface area (Å²) in [5.41, 5.74) is 4.71. The van der Waals surface area contributed by atoms with E-state index in [2.05, 4.69) is 34.9 Å². The summed E-state index contributed by atoms with van der Waals surface area (Å²) in [4.78, 5) is 11.0. The molecule has 1 aliphatic heterocycles. The number of carbonyl (C=O) groups excluding carboxylic acids is 1. The summed E-state index contributed by atoms with van der Waals surface area (Å²) >= 11 is 1.96. The molecule has 0 aromatic heterocycles. The number of carbonyl (C=O) groups is 1. The Morgan fingerprint density at radius 1 is 1.10 bits per heavy atom. The van der Waals surface area contributed by atoms with Crippen LogP contribution in [0.2, 0.25) is 0 Å². The van der Waals surface area contributed by atoms with Gasteiger partial charge in [0.15, 0.2) is 0 Å². The molecule has 0 saturated carbocycles. The molecule has 0 spiro atoms. The lowest BCUT2D eigenvalue weighted by Crippen LogP contribution is -2.18. The zero-order valence-corrected chi connectivity index (χ0v) is 12.7. The molecule has 1 atom stereocenters. The van der Waals surface area contributed by atoms with Crippen molar-refractivity contribution in [3.63, 3.8) is 0 Å². The van der Waals surface area contributed by atoms with Gasteiger partial charge in [-0.3, -0.25) is 4.79 Å². The predicted molar refractivity (Wildman–Crippen MR) is 89.7 cm³/mol. The second-order valence-corrected chi connectivity index (χ2v) is 6.20. The van der Waals surface area contributed by atoms with E-state index in [1.165, 1.54) is 18.1 Å². The zero-order chi connectivity index (χ0) is 14.7. The number of rotatable bonds is 3. The van der Waals surface area contributed by atoms with Gasteiger partial charge in [0.1, 0.15) is 0 Å². The van der Waals surface area contributed by atoms with E-state index in [0.717, 1.165) is 22.9 Å². The Morgan fingerprint density at radius 3 is 2.57 bits per heavy atom. The second-order valence-electron chi connectivity index (χ2n) is 5.17. The Labute approximate surface area is 129 Å². The van der Waals surface area contributed by atoms with Crippen molar-refractivity contribution in [2.24, 2.45) is 0 Å². The first-order valence-corrected chi connectivity index (χ1v) is 8.17. The fraction of sp³-hybridized carbons (Fsp3) is 0.235. The molecule has 2 aromatic carbocycles. The maximum Gasteiger partial charge on any atom is 0.221 e. The van der Waals surface area contributed by atoms with E-state index in [0.29, 0.717) is 6.04 Å². The number of fused-ring (bicyclic) bond motifs is 1. The average molecular weight is 298 g/mol. The number of hydrogen-bond donors (Lipinski definition) is 2. The predicted octanol–water partition coefficient (Wildman–Crippen LogP) is 4.05. The summed E-state index contributed by atoms with van der Waals surface area (Å²) in [6, 6.07) is 16.8. The van der Waals surface area contributed by atoms with Gasteiger partial charge in [0.05, 0.1) is 6.04 Å². The molecule has 1 amide bonds. The van der Waals surface area contributed by atoms with Crippen molar-refractivity contribution in [1.29, 1.82) is 0 Å². The Morgan fingerprint density at radius 2 is 1.81 bits per heavy atom. The first-order valence-electron chi connectivity index (χ1n) is 7.02. The summed E-state index contributed by atoms with van der Waals surface area (Å²) in [5, 5.41) is 6.36. The second kappa shape index (κ2) is 6.22. The van der Waals surface area contributed by atoms with Crippen molar-refractivity contribution < 1.29 is 4.79 Å². The van der Waals surface area contributed by atoms with E-state index in [4.69, 9.17) is 0 Å². The van der Waals surface area contributed by atoms with Crippen LogP contribution in [0.25, 0.3) is 0 Å². The molecule has 1 heterocycles. The summed E-state index contributed by atoms with van der Waals surface area (Å²) in [6.45, 7) is 1.52. The van der Waals surface area contributed by atoms with Crippen LogP contribution in [0.5, 0.6) is 0 Å². The lowest BCUT2D eigenvalue weighted by atomic mass is 10.0. The van der Waals surface area contributed by atoms with Crippen LogP contribution in [0.1, 0.15) is 24.1 Å². The summed E-state index contributed by atoms with van der Waals surface area (Å²) in [6.07, 6.45) is 0. The van der Waals surface area contributed by atoms with Crippen LogP contribution in [0.4, 0.5) is 11.4 Å². The molecule has 2 aromatic rings. The van der Waals surface area contributed by atoms with Gasteiger partial charge >= 0.3 is 0 Å². The molecule has 0 saturated heterocycles. The highest BCUT2D eigenvalue weighted by Gasteiger charge is 2.19. The van der Waals surface area contributed by atoms with Crippen LogP contribution in [-0.4, -0.2) is 11.7 Å². The zero-order valence-electron chi connectivity index (χ0n) is 11.9. The maximum atomic E-state index is 11.0. The van der Waals surface area contributed by atoms with Crippen molar-refractivity contribution in [2.75, 3.05) is 16.4 Å². The van der Waals surface area contributed by atoms with Gasteiger partial charge in [0, 0.05) is 29.8 Å². The SMILES string of the molecule is CC(=O)Nc1ccc(NC2CSCc3ccccc32)cc1. The minimum Gasteiger partial charge on any atom is -0.377 e. The largest absolute Gasteiger partial charge is 0.377 e. The molecule has 21 heavy (non-hydrogen) atoms. The van der Waals surface area contributed by atoms with Crippen LogP contribution < -0.4 is 10.6 Å². The highest BCUT2D eigenvalue weighted by Crippen LogP contribution is 2.33. The number of anilines is 2. The topological polar surface area (TPSA) is 41.1 Å². The van der Waals surface area contributed by atoms with Crippen molar-refractivity contribution in [2.45, 2.75) is 18.7 Å². The number of amides is 1. The molecule has 0 bridgehead atoms. The van der Waals surface area contributed by atoms with Crippen LogP contribution >= 0.6 is 11.8 Å². The van der Waals surface area contributed by atoms with E-state index in [-0.39, 0.29) is 5.91 Å². The monoisotopic (exact) mass is 298 g/mol. The average Bonchev–Trinajstić information content (AvgIpc) is 2.49. The number of hydrogen-bond acceptors (Lipinski definition) is 3. The Kier molecular flexibility index (Phi) is 4.15. The van der Waals surface area contributed by atoms with Gasteiger partial charge in [-0.25, -0.2) is 0 Å². The molecule has 0 fully saturated rings. The van der Waals surface area contributed by atoms with E-state index < -0.39 is 0 Å². The minimum atomic E-state index is -0.0479.